The van der Waals surface area contributed by atoms with E-state index in [0.717, 1.165) is 12.0 Å². The Morgan fingerprint density at radius 3 is 2.48 bits per heavy atom. The molecule has 1 aliphatic heterocycles. The summed E-state index contributed by atoms with van der Waals surface area (Å²) in [4.78, 5) is 25.2. The summed E-state index contributed by atoms with van der Waals surface area (Å²) >= 11 is 0. The number of carbonyl (C=O) groups is 2. The van der Waals surface area contributed by atoms with Crippen LogP contribution in [0.3, 0.4) is 0 Å². The minimum absolute atomic E-state index is 0.0354. The molecule has 1 N–H and O–H groups in total. The summed E-state index contributed by atoms with van der Waals surface area (Å²) < 4.78 is 5.29. The summed E-state index contributed by atoms with van der Waals surface area (Å²) in [6.45, 7) is 6.91. The first-order valence-corrected chi connectivity index (χ1v) is 7.99. The fourth-order valence-electron chi connectivity index (χ4n) is 3.01. The number of rotatable bonds is 3. The van der Waals surface area contributed by atoms with Crippen molar-refractivity contribution < 1.29 is 19.4 Å². The van der Waals surface area contributed by atoms with Gasteiger partial charge in [-0.2, -0.15) is 0 Å². The van der Waals surface area contributed by atoms with Crippen LogP contribution in [0.5, 0.6) is 0 Å². The summed E-state index contributed by atoms with van der Waals surface area (Å²) in [7, 11) is 0. The lowest BCUT2D eigenvalue weighted by Crippen LogP contribution is -2.51. The Balaban J connectivity index is 2.00. The van der Waals surface area contributed by atoms with Crippen LogP contribution in [0, 0.1) is 11.3 Å². The van der Waals surface area contributed by atoms with Gasteiger partial charge in [-0.3, -0.25) is 4.90 Å². The number of aliphatic carboxylic acids is 1. The molecule has 0 radical (unpaired) electrons. The van der Waals surface area contributed by atoms with Crippen LogP contribution in [0.15, 0.2) is 30.3 Å². The highest BCUT2D eigenvalue weighted by molar-refractivity contribution is 5.80. The Morgan fingerprint density at radius 1 is 1.26 bits per heavy atom. The van der Waals surface area contributed by atoms with Gasteiger partial charge in [-0.05, 0) is 29.7 Å². The fourth-order valence-corrected chi connectivity index (χ4v) is 3.01. The lowest BCUT2D eigenvalue weighted by molar-refractivity contribution is -0.145. The van der Waals surface area contributed by atoms with Crippen molar-refractivity contribution in [2.75, 3.05) is 6.54 Å². The molecule has 0 saturated carbocycles. The zero-order valence-electron chi connectivity index (χ0n) is 14.0. The van der Waals surface area contributed by atoms with Crippen molar-refractivity contribution in [3.8, 4) is 0 Å². The Kier molecular flexibility index (Phi) is 5.29. The molecular weight excluding hydrogens is 294 g/mol. The molecule has 1 saturated heterocycles. The van der Waals surface area contributed by atoms with E-state index < -0.39 is 18.1 Å². The Bertz CT molecular complexity index is 550. The molecule has 0 bridgehead atoms. The highest BCUT2D eigenvalue weighted by atomic mass is 16.6. The number of hydrogen-bond acceptors (Lipinski definition) is 3. The van der Waals surface area contributed by atoms with E-state index in [1.807, 2.05) is 30.3 Å². The molecule has 1 amide bonds. The zero-order valence-corrected chi connectivity index (χ0v) is 14.0. The molecule has 23 heavy (non-hydrogen) atoms. The van der Waals surface area contributed by atoms with Crippen molar-refractivity contribution >= 4 is 12.1 Å². The van der Waals surface area contributed by atoms with Gasteiger partial charge in [0.25, 0.3) is 0 Å². The maximum Gasteiger partial charge on any atom is 0.410 e. The lowest BCUT2D eigenvalue weighted by atomic mass is 9.73. The second-order valence-corrected chi connectivity index (χ2v) is 7.17. The molecule has 5 heteroatoms. The van der Waals surface area contributed by atoms with Crippen molar-refractivity contribution in [2.45, 2.75) is 46.3 Å². The molecule has 1 aliphatic rings. The summed E-state index contributed by atoms with van der Waals surface area (Å²) in [6, 6.07) is 8.57. The maximum atomic E-state index is 12.3. The average Bonchev–Trinajstić information content (AvgIpc) is 2.52. The number of likely N-dealkylation sites (tertiary alicyclic amines) is 1. The van der Waals surface area contributed by atoms with Crippen LogP contribution in [-0.2, 0) is 16.1 Å². The normalized spacial score (nSPS) is 21.8. The monoisotopic (exact) mass is 319 g/mol. The first kappa shape index (κ1) is 17.3. The van der Waals surface area contributed by atoms with E-state index in [4.69, 9.17) is 4.74 Å². The first-order chi connectivity index (χ1) is 10.8. The van der Waals surface area contributed by atoms with E-state index in [0.29, 0.717) is 13.0 Å². The molecule has 1 aromatic carbocycles. The number of hydrogen-bond donors (Lipinski definition) is 1. The summed E-state index contributed by atoms with van der Waals surface area (Å²) in [5, 5.41) is 9.48. The third-order valence-electron chi connectivity index (χ3n) is 4.55. The largest absolute Gasteiger partial charge is 0.480 e. The summed E-state index contributed by atoms with van der Waals surface area (Å²) in [5.41, 5.74) is 0.922. The number of benzene rings is 1. The van der Waals surface area contributed by atoms with Gasteiger partial charge < -0.3 is 9.84 Å². The number of ether oxygens (including phenoxy) is 1. The molecule has 1 heterocycles. The number of amides is 1. The number of nitrogens with zero attached hydrogens (tertiary/aromatic N) is 1. The summed E-state index contributed by atoms with van der Waals surface area (Å²) in [6.07, 6.45) is 0.723. The third-order valence-corrected chi connectivity index (χ3v) is 4.55. The molecule has 0 aromatic heterocycles. The Morgan fingerprint density at radius 2 is 1.91 bits per heavy atom. The van der Waals surface area contributed by atoms with E-state index in [1.54, 1.807) is 0 Å². The van der Waals surface area contributed by atoms with Gasteiger partial charge in [-0.25, -0.2) is 9.59 Å². The molecule has 0 unspecified atom stereocenters. The van der Waals surface area contributed by atoms with Crippen LogP contribution in [0.1, 0.15) is 39.2 Å². The highest BCUT2D eigenvalue weighted by Gasteiger charge is 2.40. The molecule has 2 rings (SSSR count). The second-order valence-electron chi connectivity index (χ2n) is 7.17. The number of piperidine rings is 1. The standard InChI is InChI=1S/C18H25NO4/c1-18(2,3)14-9-10-19(15(11-14)16(20)21)17(22)23-12-13-7-5-4-6-8-13/h4-8,14-15H,9-12H2,1-3H3,(H,20,21)/t14-,15+/m0/s1. The van der Waals surface area contributed by atoms with Crippen LogP contribution >= 0.6 is 0 Å². The fraction of sp³-hybridized carbons (Fsp3) is 0.556. The minimum atomic E-state index is -0.962. The van der Waals surface area contributed by atoms with Crippen LogP contribution in [0.2, 0.25) is 0 Å². The molecule has 0 aliphatic carbocycles. The maximum absolute atomic E-state index is 12.3. The van der Waals surface area contributed by atoms with Crippen molar-refractivity contribution in [1.82, 2.24) is 4.90 Å². The Hall–Kier alpha value is -2.04. The van der Waals surface area contributed by atoms with Gasteiger partial charge in [0.1, 0.15) is 12.6 Å². The van der Waals surface area contributed by atoms with Gasteiger partial charge in [0.2, 0.25) is 0 Å². The van der Waals surface area contributed by atoms with E-state index in [9.17, 15) is 14.7 Å². The van der Waals surface area contributed by atoms with Crippen molar-refractivity contribution in [1.29, 1.82) is 0 Å². The van der Waals surface area contributed by atoms with Gasteiger partial charge in [0.05, 0.1) is 0 Å². The van der Waals surface area contributed by atoms with E-state index >= 15 is 0 Å². The van der Waals surface area contributed by atoms with Crippen LogP contribution in [-0.4, -0.2) is 34.7 Å². The van der Waals surface area contributed by atoms with E-state index in [2.05, 4.69) is 20.8 Å². The van der Waals surface area contributed by atoms with Crippen molar-refractivity contribution in [3.05, 3.63) is 35.9 Å². The molecule has 2 atom stereocenters. The quantitative estimate of drug-likeness (QED) is 0.925. The third kappa shape index (κ3) is 4.47. The number of carbonyl (C=O) groups excluding carboxylic acids is 1. The molecule has 1 fully saturated rings. The highest BCUT2D eigenvalue weighted by Crippen LogP contribution is 2.37. The Labute approximate surface area is 137 Å². The van der Waals surface area contributed by atoms with Gasteiger partial charge >= 0.3 is 12.1 Å². The first-order valence-electron chi connectivity index (χ1n) is 7.99. The minimum Gasteiger partial charge on any atom is -0.480 e. The van der Waals surface area contributed by atoms with Crippen LogP contribution in [0.4, 0.5) is 4.79 Å². The van der Waals surface area contributed by atoms with Gasteiger partial charge in [-0.1, -0.05) is 51.1 Å². The molecule has 0 spiro atoms. The summed E-state index contributed by atoms with van der Waals surface area (Å²) in [5.74, 6) is -0.683. The molecular formula is C18H25NO4. The topological polar surface area (TPSA) is 66.8 Å². The van der Waals surface area contributed by atoms with Crippen molar-refractivity contribution in [2.24, 2.45) is 11.3 Å². The molecule has 5 nitrogen and oxygen atoms in total. The number of carboxylic acids is 1. The SMILES string of the molecule is CC(C)(C)[C@H]1CCN(C(=O)OCc2ccccc2)[C@@H](C(=O)O)C1. The van der Waals surface area contributed by atoms with Gasteiger partial charge in [0.15, 0.2) is 0 Å². The van der Waals surface area contributed by atoms with E-state index in [1.165, 1.54) is 4.90 Å². The van der Waals surface area contributed by atoms with Gasteiger partial charge in [0, 0.05) is 6.54 Å². The van der Waals surface area contributed by atoms with E-state index in [-0.39, 0.29) is 17.9 Å². The predicted octanol–water partition coefficient (Wildman–Crippen LogP) is 3.53. The van der Waals surface area contributed by atoms with Gasteiger partial charge in [-0.15, -0.1) is 0 Å². The molecule has 1 aromatic rings. The zero-order chi connectivity index (χ0) is 17.0. The second kappa shape index (κ2) is 7.02. The predicted molar refractivity (Wildman–Crippen MR) is 86.9 cm³/mol. The van der Waals surface area contributed by atoms with Crippen molar-refractivity contribution in [3.63, 3.8) is 0 Å². The van der Waals surface area contributed by atoms with Crippen LogP contribution < -0.4 is 0 Å². The number of carboxylic acid groups (broad SMARTS) is 1. The smallest absolute Gasteiger partial charge is 0.410 e. The average molecular weight is 319 g/mol. The van der Waals surface area contributed by atoms with Crippen LogP contribution in [0.25, 0.3) is 0 Å². The molecule has 126 valence electrons. The lowest BCUT2D eigenvalue weighted by Gasteiger charge is -2.41.